The Morgan fingerprint density at radius 3 is 2.52 bits per heavy atom. The molecule has 138 valence electrons. The third kappa shape index (κ3) is 7.49. The molecule has 0 saturated carbocycles. The van der Waals surface area contributed by atoms with Crippen LogP contribution >= 0.6 is 23.5 Å². The Morgan fingerprint density at radius 2 is 1.92 bits per heavy atom. The molecule has 1 aromatic heterocycles. The van der Waals surface area contributed by atoms with E-state index in [-0.39, 0.29) is 5.41 Å². The molecule has 0 saturated heterocycles. The highest BCUT2D eigenvalue weighted by atomic mass is 32.2. The van der Waals surface area contributed by atoms with Crippen molar-refractivity contribution >= 4 is 23.5 Å². The van der Waals surface area contributed by atoms with Gasteiger partial charge in [-0.15, -0.1) is 0 Å². The fourth-order valence-electron chi connectivity index (χ4n) is 2.59. The quantitative estimate of drug-likeness (QED) is 0.472. The van der Waals surface area contributed by atoms with E-state index in [1.54, 1.807) is 0 Å². The van der Waals surface area contributed by atoms with Crippen LogP contribution < -0.4 is 0 Å². The molecule has 2 aromatic rings. The third-order valence-corrected chi connectivity index (χ3v) is 6.92. The fourth-order valence-corrected chi connectivity index (χ4v) is 5.24. The highest BCUT2D eigenvalue weighted by Crippen LogP contribution is 2.25. The minimum atomic E-state index is 0.234. The lowest BCUT2D eigenvalue weighted by atomic mass is 9.87. The molecule has 0 fully saturated rings. The summed E-state index contributed by atoms with van der Waals surface area (Å²) in [5.74, 6) is 3.55. The minimum absolute atomic E-state index is 0.234. The average molecular weight is 377 g/mol. The molecule has 1 atom stereocenters. The summed E-state index contributed by atoms with van der Waals surface area (Å²) in [4.78, 5) is 4.17. The first-order chi connectivity index (χ1) is 12.0. The molecule has 0 bridgehead atoms. The van der Waals surface area contributed by atoms with Crippen LogP contribution in [0.5, 0.6) is 0 Å². The second kappa shape index (κ2) is 10.3. The van der Waals surface area contributed by atoms with E-state index in [9.17, 15) is 0 Å². The van der Waals surface area contributed by atoms with Gasteiger partial charge in [-0.25, -0.2) is 4.98 Å². The number of thioether (sulfide) groups is 2. The zero-order chi connectivity index (χ0) is 18.1. The molecule has 0 radical (unpaired) electrons. The molecular formula is C21H32N2S2. The molecule has 1 aromatic carbocycles. The fraction of sp³-hybridized carbons (Fsp3) is 0.571. The summed E-state index contributed by atoms with van der Waals surface area (Å²) in [5.41, 5.74) is 3.07. The van der Waals surface area contributed by atoms with Crippen molar-refractivity contribution < 1.29 is 0 Å². The van der Waals surface area contributed by atoms with E-state index < -0.39 is 0 Å². The first kappa shape index (κ1) is 20.4. The molecule has 0 aliphatic rings. The summed E-state index contributed by atoms with van der Waals surface area (Å²) in [6.45, 7) is 10.1. The van der Waals surface area contributed by atoms with Crippen molar-refractivity contribution in [2.24, 2.45) is 0 Å². The average Bonchev–Trinajstić information content (AvgIpc) is 3.07. The maximum atomic E-state index is 4.17. The molecule has 0 spiro atoms. The topological polar surface area (TPSA) is 17.8 Å². The predicted molar refractivity (Wildman–Crippen MR) is 115 cm³/mol. The monoisotopic (exact) mass is 376 g/mol. The Kier molecular flexibility index (Phi) is 8.44. The summed E-state index contributed by atoms with van der Waals surface area (Å²) >= 11 is 4.17. The van der Waals surface area contributed by atoms with E-state index in [4.69, 9.17) is 0 Å². The number of imidazole rings is 1. The largest absolute Gasteiger partial charge is 0.336 e. The van der Waals surface area contributed by atoms with Crippen molar-refractivity contribution in [3.05, 3.63) is 54.1 Å². The van der Waals surface area contributed by atoms with Gasteiger partial charge in [0.2, 0.25) is 0 Å². The Morgan fingerprint density at radius 1 is 1.16 bits per heavy atom. The number of benzene rings is 1. The maximum absolute atomic E-state index is 4.17. The second-order valence-corrected chi connectivity index (χ2v) is 10.0. The standard InChI is InChI=1S/C21H32N2S2/c1-5-6-13-25-20(14-23-12-11-22-17-23)16-24-15-18-7-9-19(10-8-18)21(2,3)4/h7-12,17,20H,5-6,13-16H2,1-4H3. The highest BCUT2D eigenvalue weighted by Gasteiger charge is 2.13. The normalized spacial score (nSPS) is 13.1. The molecule has 0 N–H and O–H groups in total. The summed E-state index contributed by atoms with van der Waals surface area (Å²) < 4.78 is 2.21. The van der Waals surface area contributed by atoms with Crippen LogP contribution in [0.3, 0.4) is 0 Å². The molecule has 0 aliphatic carbocycles. The summed E-state index contributed by atoms with van der Waals surface area (Å²) in [6.07, 6.45) is 8.46. The van der Waals surface area contributed by atoms with Crippen molar-refractivity contribution in [1.29, 1.82) is 0 Å². The van der Waals surface area contributed by atoms with E-state index in [1.165, 1.54) is 35.5 Å². The van der Waals surface area contributed by atoms with Crippen molar-refractivity contribution in [2.75, 3.05) is 11.5 Å². The van der Waals surface area contributed by atoms with Crippen LogP contribution in [-0.2, 0) is 17.7 Å². The van der Waals surface area contributed by atoms with Crippen molar-refractivity contribution in [3.63, 3.8) is 0 Å². The molecule has 1 heterocycles. The van der Waals surface area contributed by atoms with Crippen LogP contribution in [0.2, 0.25) is 0 Å². The smallest absolute Gasteiger partial charge is 0.0946 e. The molecule has 1 unspecified atom stereocenters. The minimum Gasteiger partial charge on any atom is -0.336 e. The molecule has 4 heteroatoms. The van der Waals surface area contributed by atoms with Crippen LogP contribution in [0.25, 0.3) is 0 Å². The number of nitrogens with zero attached hydrogens (tertiary/aromatic N) is 2. The van der Waals surface area contributed by atoms with Crippen molar-refractivity contribution in [2.45, 2.75) is 63.5 Å². The Hall–Kier alpha value is -0.870. The first-order valence-corrected chi connectivity index (χ1v) is 11.4. The van der Waals surface area contributed by atoms with Crippen LogP contribution in [0.4, 0.5) is 0 Å². The van der Waals surface area contributed by atoms with E-state index in [1.807, 2.05) is 12.5 Å². The van der Waals surface area contributed by atoms with Crippen LogP contribution in [0.1, 0.15) is 51.7 Å². The summed E-state index contributed by atoms with van der Waals surface area (Å²) in [7, 11) is 0. The number of unbranched alkanes of at least 4 members (excludes halogenated alkanes) is 1. The first-order valence-electron chi connectivity index (χ1n) is 9.23. The number of rotatable bonds is 10. The van der Waals surface area contributed by atoms with Crippen molar-refractivity contribution in [1.82, 2.24) is 9.55 Å². The van der Waals surface area contributed by atoms with Gasteiger partial charge >= 0.3 is 0 Å². The Balaban J connectivity index is 1.82. The molecule has 25 heavy (non-hydrogen) atoms. The van der Waals surface area contributed by atoms with Crippen LogP contribution in [-0.4, -0.2) is 26.3 Å². The Labute approximate surface area is 162 Å². The summed E-state index contributed by atoms with van der Waals surface area (Å²) in [5, 5.41) is 0.652. The van der Waals surface area contributed by atoms with Gasteiger partial charge in [0.05, 0.1) is 6.33 Å². The SMILES string of the molecule is CCCCSC(CSCc1ccc(C(C)(C)C)cc1)Cn1ccnc1. The van der Waals surface area contributed by atoms with Gasteiger partial charge < -0.3 is 4.57 Å². The van der Waals surface area contributed by atoms with Gasteiger partial charge in [0, 0.05) is 35.7 Å². The lowest BCUT2D eigenvalue weighted by Gasteiger charge is -2.19. The molecule has 0 amide bonds. The number of hydrogen-bond donors (Lipinski definition) is 0. The van der Waals surface area contributed by atoms with Crippen LogP contribution in [0, 0.1) is 0 Å². The molecule has 2 nitrogen and oxygen atoms in total. The van der Waals surface area contributed by atoms with Crippen LogP contribution in [0.15, 0.2) is 43.0 Å². The predicted octanol–water partition coefficient (Wildman–Crippen LogP) is 6.02. The van der Waals surface area contributed by atoms with E-state index >= 15 is 0 Å². The van der Waals surface area contributed by atoms with Gasteiger partial charge in [0.1, 0.15) is 0 Å². The van der Waals surface area contributed by atoms with Gasteiger partial charge in [-0.05, 0) is 28.7 Å². The Bertz CT molecular complexity index is 585. The third-order valence-electron chi connectivity index (χ3n) is 4.22. The summed E-state index contributed by atoms with van der Waals surface area (Å²) in [6, 6.07) is 9.16. The lowest BCUT2D eigenvalue weighted by Crippen LogP contribution is -2.15. The highest BCUT2D eigenvalue weighted by molar-refractivity contribution is 8.03. The molecular weight excluding hydrogens is 344 g/mol. The molecule has 2 rings (SSSR count). The van der Waals surface area contributed by atoms with Gasteiger partial charge in [-0.2, -0.15) is 23.5 Å². The van der Waals surface area contributed by atoms with E-state index in [0.29, 0.717) is 5.25 Å². The van der Waals surface area contributed by atoms with Gasteiger partial charge in [0.15, 0.2) is 0 Å². The number of aromatic nitrogens is 2. The number of hydrogen-bond acceptors (Lipinski definition) is 3. The maximum Gasteiger partial charge on any atom is 0.0946 e. The van der Waals surface area contributed by atoms with Gasteiger partial charge in [-0.3, -0.25) is 0 Å². The van der Waals surface area contributed by atoms with Gasteiger partial charge in [0.25, 0.3) is 0 Å². The zero-order valence-corrected chi connectivity index (χ0v) is 17.7. The second-order valence-electron chi connectivity index (χ2n) is 7.57. The zero-order valence-electron chi connectivity index (χ0n) is 16.1. The molecule has 0 aliphatic heterocycles. The van der Waals surface area contributed by atoms with E-state index in [2.05, 4.69) is 91.2 Å². The van der Waals surface area contributed by atoms with Crippen molar-refractivity contribution in [3.8, 4) is 0 Å². The lowest BCUT2D eigenvalue weighted by molar-refractivity contribution is 0.590. The van der Waals surface area contributed by atoms with E-state index in [0.717, 1.165) is 12.3 Å². The van der Waals surface area contributed by atoms with Gasteiger partial charge in [-0.1, -0.05) is 58.4 Å².